The molecule has 1 amide bonds. The van der Waals surface area contributed by atoms with Crippen LogP contribution in [-0.2, 0) is 0 Å². The van der Waals surface area contributed by atoms with E-state index in [-0.39, 0.29) is 26.9 Å². The van der Waals surface area contributed by atoms with E-state index in [0.717, 1.165) is 6.07 Å². The highest BCUT2D eigenvalue weighted by atomic mass is 35.5. The van der Waals surface area contributed by atoms with Crippen molar-refractivity contribution in [1.29, 1.82) is 0 Å². The molecule has 26 heavy (non-hydrogen) atoms. The molecule has 0 heterocycles. The molecular formula is C17H14Cl2F3NO3. The number of amides is 1. The van der Waals surface area contributed by atoms with Gasteiger partial charge >= 0.3 is 6.61 Å². The summed E-state index contributed by atoms with van der Waals surface area (Å²) in [5.41, 5.74) is 0.114. The number of halogens is 5. The summed E-state index contributed by atoms with van der Waals surface area (Å²) < 4.78 is 48.3. The molecule has 2 rings (SSSR count). The molecule has 9 heteroatoms. The minimum absolute atomic E-state index is 0.0267. The van der Waals surface area contributed by atoms with Gasteiger partial charge in [0, 0.05) is 5.02 Å². The molecule has 4 nitrogen and oxygen atoms in total. The summed E-state index contributed by atoms with van der Waals surface area (Å²) in [5, 5.41) is 2.55. The maximum Gasteiger partial charge on any atom is 0.387 e. The Hall–Kier alpha value is -2.12. The van der Waals surface area contributed by atoms with Crippen LogP contribution in [0.5, 0.6) is 11.5 Å². The molecule has 2 aromatic carbocycles. The molecule has 1 unspecified atom stereocenters. The fraction of sp³-hybridized carbons (Fsp3) is 0.235. The number of alkyl halides is 2. The second-order valence-corrected chi connectivity index (χ2v) is 6.01. The van der Waals surface area contributed by atoms with Crippen LogP contribution in [0.25, 0.3) is 0 Å². The predicted octanol–water partition coefficient (Wildman–Crippen LogP) is 5.23. The van der Waals surface area contributed by atoms with Gasteiger partial charge in [-0.3, -0.25) is 4.79 Å². The molecule has 0 bridgehead atoms. The third-order valence-electron chi connectivity index (χ3n) is 3.50. The van der Waals surface area contributed by atoms with E-state index in [9.17, 15) is 18.0 Å². The van der Waals surface area contributed by atoms with E-state index in [1.54, 1.807) is 6.92 Å². The SMILES string of the molecule is COc1cccc(C(=O)NC(C)c2cc(F)c(Cl)cc2Cl)c1OC(F)F. The number of ether oxygens (including phenoxy) is 2. The van der Waals surface area contributed by atoms with Crippen LogP contribution in [0.3, 0.4) is 0 Å². The van der Waals surface area contributed by atoms with Gasteiger partial charge in [0.05, 0.1) is 23.7 Å². The van der Waals surface area contributed by atoms with Crippen molar-refractivity contribution < 1.29 is 27.4 Å². The zero-order valence-corrected chi connectivity index (χ0v) is 15.2. The van der Waals surface area contributed by atoms with Gasteiger partial charge in [-0.05, 0) is 36.8 Å². The molecule has 0 radical (unpaired) electrons. The number of methoxy groups -OCH3 is 1. The Morgan fingerprint density at radius 3 is 2.50 bits per heavy atom. The molecular weight excluding hydrogens is 394 g/mol. The van der Waals surface area contributed by atoms with Crippen LogP contribution in [0.1, 0.15) is 28.9 Å². The van der Waals surface area contributed by atoms with Gasteiger partial charge in [-0.1, -0.05) is 29.3 Å². The van der Waals surface area contributed by atoms with E-state index >= 15 is 0 Å². The Bertz CT molecular complexity index is 818. The van der Waals surface area contributed by atoms with Gasteiger partial charge in [0.2, 0.25) is 0 Å². The zero-order valence-electron chi connectivity index (χ0n) is 13.7. The number of carbonyl (C=O) groups excluding carboxylic acids is 1. The molecule has 0 spiro atoms. The first-order valence-corrected chi connectivity index (χ1v) is 8.07. The van der Waals surface area contributed by atoms with Gasteiger partial charge in [0.25, 0.3) is 5.91 Å². The maximum atomic E-state index is 13.7. The number of hydrogen-bond acceptors (Lipinski definition) is 3. The zero-order chi connectivity index (χ0) is 19.4. The summed E-state index contributed by atoms with van der Waals surface area (Å²) in [6, 6.07) is 5.71. The smallest absolute Gasteiger partial charge is 0.387 e. The van der Waals surface area contributed by atoms with Crippen molar-refractivity contribution in [2.75, 3.05) is 7.11 Å². The lowest BCUT2D eigenvalue weighted by Crippen LogP contribution is -2.27. The minimum Gasteiger partial charge on any atom is -0.493 e. The van der Waals surface area contributed by atoms with Crippen LogP contribution < -0.4 is 14.8 Å². The van der Waals surface area contributed by atoms with Gasteiger partial charge in [-0.25, -0.2) is 4.39 Å². The van der Waals surface area contributed by atoms with Gasteiger partial charge in [-0.2, -0.15) is 8.78 Å². The molecule has 0 fully saturated rings. The summed E-state index contributed by atoms with van der Waals surface area (Å²) in [4.78, 5) is 12.5. The molecule has 1 atom stereocenters. The lowest BCUT2D eigenvalue weighted by atomic mass is 10.1. The number of carbonyl (C=O) groups is 1. The van der Waals surface area contributed by atoms with Gasteiger partial charge in [0.15, 0.2) is 11.5 Å². The third-order valence-corrected chi connectivity index (χ3v) is 4.12. The maximum absolute atomic E-state index is 13.7. The average Bonchev–Trinajstić information content (AvgIpc) is 2.57. The molecule has 0 aliphatic rings. The first-order valence-electron chi connectivity index (χ1n) is 7.31. The number of para-hydroxylation sites is 1. The third kappa shape index (κ3) is 4.53. The Balaban J connectivity index is 2.31. The molecule has 140 valence electrons. The number of benzene rings is 2. The minimum atomic E-state index is -3.14. The van der Waals surface area contributed by atoms with E-state index in [1.165, 1.54) is 31.4 Å². The van der Waals surface area contributed by atoms with Crippen LogP contribution in [0.2, 0.25) is 10.0 Å². The van der Waals surface area contributed by atoms with E-state index < -0.39 is 30.1 Å². The van der Waals surface area contributed by atoms with E-state index in [1.807, 2.05) is 0 Å². The summed E-state index contributed by atoms with van der Waals surface area (Å²) in [7, 11) is 1.26. The fourth-order valence-corrected chi connectivity index (χ4v) is 2.83. The Kier molecular flexibility index (Phi) is 6.61. The topological polar surface area (TPSA) is 47.6 Å². The van der Waals surface area contributed by atoms with E-state index in [0.29, 0.717) is 0 Å². The van der Waals surface area contributed by atoms with Crippen molar-refractivity contribution in [3.8, 4) is 11.5 Å². The monoisotopic (exact) mass is 407 g/mol. The summed E-state index contributed by atoms with van der Waals surface area (Å²) in [5.74, 6) is -1.85. The van der Waals surface area contributed by atoms with Gasteiger partial charge in [0.1, 0.15) is 5.82 Å². The van der Waals surface area contributed by atoms with Crippen molar-refractivity contribution in [3.05, 3.63) is 57.3 Å². The number of rotatable bonds is 6. The van der Waals surface area contributed by atoms with E-state index in [4.69, 9.17) is 27.9 Å². The molecule has 0 aliphatic carbocycles. The lowest BCUT2D eigenvalue weighted by Gasteiger charge is -2.18. The first kappa shape index (κ1) is 20.2. The highest BCUT2D eigenvalue weighted by Gasteiger charge is 2.22. The standard InChI is InChI=1S/C17H14Cl2F3NO3/c1-8(10-6-13(20)12(19)7-11(10)18)23-16(24)9-4-3-5-14(25-2)15(9)26-17(21)22/h3-8,17H,1-2H3,(H,23,24). The predicted molar refractivity (Wildman–Crippen MR) is 91.9 cm³/mol. The first-order chi connectivity index (χ1) is 12.2. The quantitative estimate of drug-likeness (QED) is 0.666. The van der Waals surface area contributed by atoms with Crippen molar-refractivity contribution in [2.24, 2.45) is 0 Å². The molecule has 0 aromatic heterocycles. The molecule has 0 saturated carbocycles. The Morgan fingerprint density at radius 1 is 1.19 bits per heavy atom. The summed E-state index contributed by atoms with van der Waals surface area (Å²) >= 11 is 11.7. The molecule has 0 aliphatic heterocycles. The second-order valence-electron chi connectivity index (χ2n) is 5.20. The van der Waals surface area contributed by atoms with Crippen LogP contribution in [0, 0.1) is 5.82 Å². The van der Waals surface area contributed by atoms with E-state index in [2.05, 4.69) is 10.1 Å². The highest BCUT2D eigenvalue weighted by molar-refractivity contribution is 6.35. The Labute approximate surface area is 157 Å². The highest BCUT2D eigenvalue weighted by Crippen LogP contribution is 2.33. The van der Waals surface area contributed by atoms with Crippen molar-refractivity contribution in [1.82, 2.24) is 5.32 Å². The van der Waals surface area contributed by atoms with Gasteiger partial charge in [-0.15, -0.1) is 0 Å². The average molecular weight is 408 g/mol. The Morgan fingerprint density at radius 2 is 1.88 bits per heavy atom. The second kappa shape index (κ2) is 8.51. The van der Waals surface area contributed by atoms with Gasteiger partial charge < -0.3 is 14.8 Å². The van der Waals surface area contributed by atoms with Crippen molar-refractivity contribution in [3.63, 3.8) is 0 Å². The summed E-state index contributed by atoms with van der Waals surface area (Å²) in [6.07, 6.45) is 0. The fourth-order valence-electron chi connectivity index (χ4n) is 2.29. The van der Waals surface area contributed by atoms with Crippen LogP contribution in [-0.4, -0.2) is 19.6 Å². The lowest BCUT2D eigenvalue weighted by molar-refractivity contribution is -0.0515. The van der Waals surface area contributed by atoms with Crippen molar-refractivity contribution >= 4 is 29.1 Å². The number of hydrogen-bond donors (Lipinski definition) is 1. The van der Waals surface area contributed by atoms with Crippen molar-refractivity contribution in [2.45, 2.75) is 19.6 Å². The largest absolute Gasteiger partial charge is 0.493 e. The van der Waals surface area contributed by atoms with Crippen LogP contribution in [0.4, 0.5) is 13.2 Å². The molecule has 2 aromatic rings. The molecule has 1 N–H and O–H groups in total. The number of nitrogens with one attached hydrogen (secondary N) is 1. The molecule has 0 saturated heterocycles. The summed E-state index contributed by atoms with van der Waals surface area (Å²) in [6.45, 7) is -1.59. The van der Waals surface area contributed by atoms with Crippen LogP contribution >= 0.6 is 23.2 Å². The van der Waals surface area contributed by atoms with Crippen LogP contribution in [0.15, 0.2) is 30.3 Å². The normalized spacial score (nSPS) is 12.0.